The molecule has 0 spiro atoms. The van der Waals surface area contributed by atoms with Crippen LogP contribution in [0.5, 0.6) is 0 Å². The number of nitrogens with zero attached hydrogens (tertiary/aromatic N) is 1. The molecule has 2 rings (SSSR count). The Morgan fingerprint density at radius 3 is 2.71 bits per heavy atom. The van der Waals surface area contributed by atoms with Gasteiger partial charge in [0.25, 0.3) is 0 Å². The highest BCUT2D eigenvalue weighted by Gasteiger charge is 2.32. The molecule has 2 atom stereocenters. The van der Waals surface area contributed by atoms with Gasteiger partial charge in [-0.25, -0.2) is 0 Å². The minimum absolute atomic E-state index is 0.813. The van der Waals surface area contributed by atoms with Gasteiger partial charge in [0.05, 0.1) is 0 Å². The first-order valence-electron chi connectivity index (χ1n) is 7.89. The summed E-state index contributed by atoms with van der Waals surface area (Å²) in [7, 11) is 0. The Hall–Kier alpha value is -0.0800. The molecule has 0 bridgehead atoms. The van der Waals surface area contributed by atoms with Crippen molar-refractivity contribution in [2.75, 3.05) is 19.6 Å². The Morgan fingerprint density at radius 2 is 1.94 bits per heavy atom. The average Bonchev–Trinajstić information content (AvgIpc) is 2.98. The SMILES string of the molecule is CCCCCCCN1CCCC1C1CCCN1. The van der Waals surface area contributed by atoms with Crippen LogP contribution < -0.4 is 5.32 Å². The fourth-order valence-electron chi connectivity index (χ4n) is 3.54. The van der Waals surface area contributed by atoms with Gasteiger partial charge in [-0.1, -0.05) is 32.6 Å². The summed E-state index contributed by atoms with van der Waals surface area (Å²) in [6, 6.07) is 1.68. The summed E-state index contributed by atoms with van der Waals surface area (Å²) in [5.74, 6) is 0. The highest BCUT2D eigenvalue weighted by atomic mass is 15.2. The number of rotatable bonds is 7. The van der Waals surface area contributed by atoms with Crippen molar-refractivity contribution in [3.63, 3.8) is 0 Å². The Bertz CT molecular complexity index is 199. The third-order valence-electron chi connectivity index (χ3n) is 4.53. The van der Waals surface area contributed by atoms with Crippen molar-refractivity contribution in [3.8, 4) is 0 Å². The van der Waals surface area contributed by atoms with Crippen molar-refractivity contribution < 1.29 is 0 Å². The fourth-order valence-corrected chi connectivity index (χ4v) is 3.54. The van der Waals surface area contributed by atoms with Gasteiger partial charge in [0.1, 0.15) is 0 Å². The van der Waals surface area contributed by atoms with Crippen LogP contribution in [0.2, 0.25) is 0 Å². The quantitative estimate of drug-likeness (QED) is 0.685. The highest BCUT2D eigenvalue weighted by Crippen LogP contribution is 2.25. The molecule has 0 aromatic heterocycles. The molecule has 2 unspecified atom stereocenters. The largest absolute Gasteiger partial charge is 0.312 e. The van der Waals surface area contributed by atoms with Gasteiger partial charge in [0, 0.05) is 12.1 Å². The summed E-state index contributed by atoms with van der Waals surface area (Å²) in [5, 5.41) is 3.70. The molecule has 0 amide bonds. The second-order valence-corrected chi connectivity index (χ2v) is 5.86. The van der Waals surface area contributed by atoms with Crippen LogP contribution in [0.15, 0.2) is 0 Å². The van der Waals surface area contributed by atoms with E-state index in [2.05, 4.69) is 17.1 Å². The molecule has 0 aromatic rings. The van der Waals surface area contributed by atoms with Gasteiger partial charge >= 0.3 is 0 Å². The van der Waals surface area contributed by atoms with E-state index in [1.807, 2.05) is 0 Å². The zero-order valence-corrected chi connectivity index (χ0v) is 11.6. The topological polar surface area (TPSA) is 15.3 Å². The molecule has 2 fully saturated rings. The number of unbranched alkanes of at least 4 members (excludes halogenated alkanes) is 4. The molecule has 2 saturated heterocycles. The molecule has 0 aliphatic carbocycles. The van der Waals surface area contributed by atoms with E-state index in [0.29, 0.717) is 0 Å². The Labute approximate surface area is 107 Å². The van der Waals surface area contributed by atoms with Crippen molar-refractivity contribution in [2.24, 2.45) is 0 Å². The standard InChI is InChI=1S/C15H30N2/c1-2-3-4-5-6-12-17-13-8-10-15(17)14-9-7-11-16-14/h14-16H,2-13H2,1H3. The Kier molecular flexibility index (Phi) is 5.79. The normalized spacial score (nSPS) is 30.2. The lowest BCUT2D eigenvalue weighted by atomic mass is 10.0. The van der Waals surface area contributed by atoms with E-state index in [9.17, 15) is 0 Å². The third kappa shape index (κ3) is 3.96. The minimum atomic E-state index is 0.813. The number of nitrogens with one attached hydrogen (secondary N) is 1. The second kappa shape index (κ2) is 7.38. The summed E-state index contributed by atoms with van der Waals surface area (Å²) in [6.07, 6.45) is 12.8. The predicted octanol–water partition coefficient (Wildman–Crippen LogP) is 3.17. The second-order valence-electron chi connectivity index (χ2n) is 5.86. The summed E-state index contributed by atoms with van der Waals surface area (Å²) >= 11 is 0. The molecule has 2 aliphatic heterocycles. The molecule has 0 saturated carbocycles. The maximum atomic E-state index is 3.70. The van der Waals surface area contributed by atoms with Crippen LogP contribution in [0.25, 0.3) is 0 Å². The van der Waals surface area contributed by atoms with Crippen molar-refractivity contribution in [1.82, 2.24) is 10.2 Å². The summed E-state index contributed by atoms with van der Waals surface area (Å²) in [5.41, 5.74) is 0. The van der Waals surface area contributed by atoms with Crippen LogP contribution in [0.1, 0.15) is 64.7 Å². The maximum absolute atomic E-state index is 3.70. The van der Waals surface area contributed by atoms with E-state index in [1.54, 1.807) is 0 Å². The Balaban J connectivity index is 1.64. The van der Waals surface area contributed by atoms with Crippen molar-refractivity contribution in [1.29, 1.82) is 0 Å². The predicted molar refractivity (Wildman–Crippen MR) is 74.4 cm³/mol. The molecule has 0 radical (unpaired) electrons. The van der Waals surface area contributed by atoms with Gasteiger partial charge in [-0.2, -0.15) is 0 Å². The van der Waals surface area contributed by atoms with Gasteiger partial charge in [0.2, 0.25) is 0 Å². The lowest BCUT2D eigenvalue weighted by Crippen LogP contribution is -2.44. The molecular weight excluding hydrogens is 208 g/mol. The van der Waals surface area contributed by atoms with E-state index in [1.165, 1.54) is 77.4 Å². The molecule has 1 N–H and O–H groups in total. The molecule has 0 aromatic carbocycles. The summed E-state index contributed by atoms with van der Waals surface area (Å²) < 4.78 is 0. The molecule has 17 heavy (non-hydrogen) atoms. The molecule has 100 valence electrons. The van der Waals surface area contributed by atoms with Crippen LogP contribution in [0.4, 0.5) is 0 Å². The lowest BCUT2D eigenvalue weighted by molar-refractivity contribution is 0.210. The van der Waals surface area contributed by atoms with Gasteiger partial charge in [-0.15, -0.1) is 0 Å². The van der Waals surface area contributed by atoms with Crippen LogP contribution >= 0.6 is 0 Å². The van der Waals surface area contributed by atoms with Gasteiger partial charge in [0.15, 0.2) is 0 Å². The lowest BCUT2D eigenvalue weighted by Gasteiger charge is -2.29. The van der Waals surface area contributed by atoms with E-state index < -0.39 is 0 Å². The van der Waals surface area contributed by atoms with Gasteiger partial charge in [-0.3, -0.25) is 4.90 Å². The summed E-state index contributed by atoms with van der Waals surface area (Å²) in [4.78, 5) is 2.77. The highest BCUT2D eigenvalue weighted by molar-refractivity contribution is 4.91. The molecular formula is C15H30N2. The van der Waals surface area contributed by atoms with E-state index in [0.717, 1.165) is 12.1 Å². The number of likely N-dealkylation sites (tertiary alicyclic amines) is 1. The maximum Gasteiger partial charge on any atom is 0.0249 e. The Morgan fingerprint density at radius 1 is 1.06 bits per heavy atom. The minimum Gasteiger partial charge on any atom is -0.312 e. The first-order valence-corrected chi connectivity index (χ1v) is 7.89. The third-order valence-corrected chi connectivity index (χ3v) is 4.53. The monoisotopic (exact) mass is 238 g/mol. The van der Waals surface area contributed by atoms with Crippen molar-refractivity contribution in [3.05, 3.63) is 0 Å². The van der Waals surface area contributed by atoms with Gasteiger partial charge < -0.3 is 5.32 Å². The number of hydrogen-bond donors (Lipinski definition) is 1. The van der Waals surface area contributed by atoms with Crippen molar-refractivity contribution in [2.45, 2.75) is 76.8 Å². The van der Waals surface area contributed by atoms with Crippen LogP contribution in [-0.2, 0) is 0 Å². The first-order chi connectivity index (χ1) is 8.42. The van der Waals surface area contributed by atoms with E-state index >= 15 is 0 Å². The number of hydrogen-bond acceptors (Lipinski definition) is 2. The fraction of sp³-hybridized carbons (Fsp3) is 1.00. The van der Waals surface area contributed by atoms with Crippen LogP contribution in [0.3, 0.4) is 0 Å². The molecule has 2 nitrogen and oxygen atoms in total. The smallest absolute Gasteiger partial charge is 0.0249 e. The van der Waals surface area contributed by atoms with E-state index in [-0.39, 0.29) is 0 Å². The molecule has 2 heterocycles. The van der Waals surface area contributed by atoms with Crippen molar-refractivity contribution >= 4 is 0 Å². The first kappa shape index (κ1) is 13.4. The summed E-state index contributed by atoms with van der Waals surface area (Å²) in [6.45, 7) is 6.26. The molecule has 2 heteroatoms. The molecule has 2 aliphatic rings. The zero-order valence-electron chi connectivity index (χ0n) is 11.6. The zero-order chi connectivity index (χ0) is 11.9. The van der Waals surface area contributed by atoms with Gasteiger partial charge in [-0.05, 0) is 51.7 Å². The van der Waals surface area contributed by atoms with Crippen LogP contribution in [-0.4, -0.2) is 36.6 Å². The average molecular weight is 238 g/mol. The van der Waals surface area contributed by atoms with E-state index in [4.69, 9.17) is 0 Å². The van der Waals surface area contributed by atoms with Crippen LogP contribution in [0, 0.1) is 0 Å².